The number of nitrogens with zero attached hydrogens (tertiary/aromatic N) is 3. The van der Waals surface area contributed by atoms with Crippen LogP contribution in [0, 0.1) is 0 Å². The molecule has 4 heteroatoms. The van der Waals surface area contributed by atoms with Gasteiger partial charge in [0, 0.05) is 28.1 Å². The SMILES string of the molecule is c1ccc(-c2nc(-c3ccccc3)nc(-c3cc(-c4ccc(-c5ccc(-c6ccc7ccccc7c6)cc5)[nH]4)cc(-c4cccc5ccccc45)c3)n2)cc1. The molecule has 0 aliphatic carbocycles. The van der Waals surface area contributed by atoms with Crippen molar-refractivity contribution in [2.24, 2.45) is 0 Å². The molecule has 10 rings (SSSR count). The molecule has 0 radical (unpaired) electrons. The molecule has 0 atom stereocenters. The third-order valence-electron chi connectivity index (χ3n) is 10.3. The topological polar surface area (TPSA) is 54.5 Å². The Labute approximate surface area is 319 Å². The van der Waals surface area contributed by atoms with E-state index in [1.54, 1.807) is 0 Å². The van der Waals surface area contributed by atoms with Crippen molar-refractivity contribution in [2.75, 3.05) is 0 Å². The number of hydrogen-bond donors (Lipinski definition) is 1. The largest absolute Gasteiger partial charge is 0.355 e. The summed E-state index contributed by atoms with van der Waals surface area (Å²) in [6, 6.07) is 70.2. The summed E-state index contributed by atoms with van der Waals surface area (Å²) in [6.45, 7) is 0. The maximum Gasteiger partial charge on any atom is 0.164 e. The zero-order valence-electron chi connectivity index (χ0n) is 29.9. The Balaban J connectivity index is 1.09. The van der Waals surface area contributed by atoms with Gasteiger partial charge in [0.05, 0.1) is 0 Å². The van der Waals surface area contributed by atoms with Crippen molar-refractivity contribution in [2.45, 2.75) is 0 Å². The van der Waals surface area contributed by atoms with Gasteiger partial charge in [-0.15, -0.1) is 0 Å². The molecule has 2 heterocycles. The summed E-state index contributed by atoms with van der Waals surface area (Å²) < 4.78 is 0. The second-order valence-electron chi connectivity index (χ2n) is 13.8. The van der Waals surface area contributed by atoms with E-state index in [9.17, 15) is 0 Å². The van der Waals surface area contributed by atoms with E-state index in [1.165, 1.54) is 32.7 Å². The van der Waals surface area contributed by atoms with Gasteiger partial charge in [-0.25, -0.2) is 15.0 Å². The molecule has 0 aliphatic heterocycles. The Bertz CT molecular complexity index is 2900. The molecule has 4 nitrogen and oxygen atoms in total. The number of aromatic amines is 1. The molecule has 0 saturated carbocycles. The molecule has 2 aromatic heterocycles. The Morgan fingerprint density at radius 3 is 1.49 bits per heavy atom. The van der Waals surface area contributed by atoms with Gasteiger partial charge in [-0.3, -0.25) is 0 Å². The molecular formula is C51H34N4. The normalized spacial score (nSPS) is 11.3. The standard InChI is InChI=1S/C51H34N4/c1-3-14-38(15-4-1)49-53-50(39-16-5-2-6-17-39)55-51(54-49)44-32-42(46-21-11-19-36-13-9-10-20-45(36)46)31-43(33-44)48-29-28-47(52-48)37-25-22-35(23-26-37)41-27-24-34-12-7-8-18-40(34)30-41/h1-33,52H. The van der Waals surface area contributed by atoms with Crippen LogP contribution in [0.25, 0.3) is 100 Å². The van der Waals surface area contributed by atoms with Gasteiger partial charge in [0.2, 0.25) is 0 Å². The highest BCUT2D eigenvalue weighted by atomic mass is 15.0. The summed E-state index contributed by atoms with van der Waals surface area (Å²) in [6.07, 6.45) is 0. The summed E-state index contributed by atoms with van der Waals surface area (Å²) in [7, 11) is 0. The zero-order valence-corrected chi connectivity index (χ0v) is 29.9. The van der Waals surface area contributed by atoms with E-state index in [1.807, 2.05) is 60.7 Å². The smallest absolute Gasteiger partial charge is 0.164 e. The number of fused-ring (bicyclic) bond motifs is 2. The second kappa shape index (κ2) is 13.8. The van der Waals surface area contributed by atoms with Gasteiger partial charge in [-0.1, -0.05) is 164 Å². The van der Waals surface area contributed by atoms with Crippen LogP contribution in [0.2, 0.25) is 0 Å². The fourth-order valence-corrected chi connectivity index (χ4v) is 7.43. The fourth-order valence-electron chi connectivity index (χ4n) is 7.43. The van der Waals surface area contributed by atoms with Gasteiger partial charge >= 0.3 is 0 Å². The third-order valence-corrected chi connectivity index (χ3v) is 10.3. The lowest BCUT2D eigenvalue weighted by atomic mass is 9.94. The fraction of sp³-hybridized carbons (Fsp3) is 0. The lowest BCUT2D eigenvalue weighted by Crippen LogP contribution is -2.00. The van der Waals surface area contributed by atoms with Crippen molar-refractivity contribution in [1.29, 1.82) is 0 Å². The van der Waals surface area contributed by atoms with Gasteiger partial charge < -0.3 is 4.98 Å². The molecule has 0 spiro atoms. The monoisotopic (exact) mass is 702 g/mol. The van der Waals surface area contributed by atoms with E-state index in [0.717, 1.165) is 50.3 Å². The average Bonchev–Trinajstić information content (AvgIpc) is 3.77. The van der Waals surface area contributed by atoms with Crippen LogP contribution in [-0.4, -0.2) is 19.9 Å². The van der Waals surface area contributed by atoms with Crippen molar-refractivity contribution in [3.63, 3.8) is 0 Å². The van der Waals surface area contributed by atoms with Gasteiger partial charge in [0.25, 0.3) is 0 Å². The molecule has 1 N–H and O–H groups in total. The first-order valence-corrected chi connectivity index (χ1v) is 18.5. The maximum atomic E-state index is 5.10. The predicted molar refractivity (Wildman–Crippen MR) is 227 cm³/mol. The van der Waals surface area contributed by atoms with Crippen molar-refractivity contribution >= 4 is 21.5 Å². The quantitative estimate of drug-likeness (QED) is 0.180. The third kappa shape index (κ3) is 6.36. The van der Waals surface area contributed by atoms with E-state index >= 15 is 0 Å². The molecule has 258 valence electrons. The zero-order chi connectivity index (χ0) is 36.6. The number of aromatic nitrogens is 4. The van der Waals surface area contributed by atoms with Crippen LogP contribution in [0.4, 0.5) is 0 Å². The number of nitrogens with one attached hydrogen (secondary N) is 1. The minimum atomic E-state index is 0.618. The molecule has 0 fully saturated rings. The second-order valence-corrected chi connectivity index (χ2v) is 13.8. The Morgan fingerprint density at radius 1 is 0.273 bits per heavy atom. The maximum absolute atomic E-state index is 5.10. The number of hydrogen-bond acceptors (Lipinski definition) is 3. The predicted octanol–water partition coefficient (Wildman–Crippen LogP) is 13.2. The van der Waals surface area contributed by atoms with Crippen LogP contribution in [-0.2, 0) is 0 Å². The summed E-state index contributed by atoms with van der Waals surface area (Å²) in [4.78, 5) is 18.9. The number of rotatable bonds is 7. The van der Waals surface area contributed by atoms with Gasteiger partial charge in [0.1, 0.15) is 0 Å². The lowest BCUT2D eigenvalue weighted by molar-refractivity contribution is 1.07. The van der Waals surface area contributed by atoms with Gasteiger partial charge in [0.15, 0.2) is 17.5 Å². The Kier molecular flexibility index (Phi) is 8.12. The Morgan fingerprint density at radius 2 is 0.782 bits per heavy atom. The highest BCUT2D eigenvalue weighted by molar-refractivity contribution is 5.98. The number of H-pyrrole nitrogens is 1. The molecule has 0 bridgehead atoms. The molecule has 10 aromatic rings. The molecule has 8 aromatic carbocycles. The molecule has 0 saturated heterocycles. The molecule has 0 aliphatic rings. The van der Waals surface area contributed by atoms with Crippen molar-refractivity contribution in [1.82, 2.24) is 19.9 Å². The van der Waals surface area contributed by atoms with Crippen molar-refractivity contribution in [3.05, 3.63) is 200 Å². The van der Waals surface area contributed by atoms with Crippen LogP contribution >= 0.6 is 0 Å². The van der Waals surface area contributed by atoms with Crippen molar-refractivity contribution in [3.8, 4) is 78.9 Å². The molecular weight excluding hydrogens is 669 g/mol. The summed E-state index contributed by atoms with van der Waals surface area (Å²) in [5.41, 5.74) is 11.7. The lowest BCUT2D eigenvalue weighted by Gasteiger charge is -2.13. The molecule has 55 heavy (non-hydrogen) atoms. The van der Waals surface area contributed by atoms with Crippen LogP contribution in [0.3, 0.4) is 0 Å². The van der Waals surface area contributed by atoms with Crippen LogP contribution < -0.4 is 0 Å². The highest BCUT2D eigenvalue weighted by Crippen LogP contribution is 2.37. The van der Waals surface area contributed by atoms with E-state index in [2.05, 4.69) is 145 Å². The van der Waals surface area contributed by atoms with E-state index in [-0.39, 0.29) is 0 Å². The van der Waals surface area contributed by atoms with E-state index < -0.39 is 0 Å². The van der Waals surface area contributed by atoms with Crippen molar-refractivity contribution < 1.29 is 0 Å². The Hall–Kier alpha value is -7.43. The summed E-state index contributed by atoms with van der Waals surface area (Å²) in [5, 5.41) is 4.88. The summed E-state index contributed by atoms with van der Waals surface area (Å²) >= 11 is 0. The highest BCUT2D eigenvalue weighted by Gasteiger charge is 2.16. The van der Waals surface area contributed by atoms with Crippen LogP contribution in [0.1, 0.15) is 0 Å². The van der Waals surface area contributed by atoms with E-state index in [4.69, 9.17) is 15.0 Å². The minimum Gasteiger partial charge on any atom is -0.355 e. The van der Waals surface area contributed by atoms with Crippen LogP contribution in [0.5, 0.6) is 0 Å². The van der Waals surface area contributed by atoms with E-state index in [0.29, 0.717) is 17.5 Å². The molecule has 0 amide bonds. The first-order chi connectivity index (χ1) is 27.2. The first-order valence-electron chi connectivity index (χ1n) is 18.5. The van der Waals surface area contributed by atoms with Gasteiger partial charge in [-0.05, 0) is 91.3 Å². The summed E-state index contributed by atoms with van der Waals surface area (Å²) in [5.74, 6) is 1.89. The first kappa shape index (κ1) is 32.2. The average molecular weight is 703 g/mol. The minimum absolute atomic E-state index is 0.618. The van der Waals surface area contributed by atoms with Crippen LogP contribution in [0.15, 0.2) is 200 Å². The van der Waals surface area contributed by atoms with Gasteiger partial charge in [-0.2, -0.15) is 0 Å². The molecule has 0 unspecified atom stereocenters. The number of benzene rings is 8.